The number of ether oxygens (including phenoxy) is 4. The molecular weight excluding hydrogens is 660 g/mol. The van der Waals surface area contributed by atoms with Crippen LogP contribution in [0.25, 0.3) is 39.0 Å². The number of amides is 1. The lowest BCUT2D eigenvalue weighted by Crippen LogP contribution is -2.50. The Hall–Kier alpha value is -5.13. The molecule has 0 atom stereocenters. The minimum absolute atomic E-state index is 0.151. The van der Waals surface area contributed by atoms with Gasteiger partial charge < -0.3 is 29.0 Å². The van der Waals surface area contributed by atoms with Crippen molar-refractivity contribution in [3.63, 3.8) is 0 Å². The van der Waals surface area contributed by atoms with Gasteiger partial charge in [0.2, 0.25) is 5.88 Å². The standard InChI is InChI=1S/C38H39ClN4O7/c1-38(2,3)50-37(46)42(23-15-25(45)16-23)20-22-13-14-31(41-36(22)49-6)28-11-7-10-27(35(28)39)26-9-8-12-32-29(26)19-40-43(32)24-17-33(47-4)30(21-44)34(18-24)48-5/h7-14,17-19,21,23,25,45H,15-16,20H2,1-6H3. The number of methoxy groups -OCH3 is 3. The third-order valence-electron chi connectivity index (χ3n) is 8.70. The van der Waals surface area contributed by atoms with Crippen molar-refractivity contribution >= 4 is 34.9 Å². The van der Waals surface area contributed by atoms with Crippen LogP contribution in [0.3, 0.4) is 0 Å². The van der Waals surface area contributed by atoms with Gasteiger partial charge in [0.05, 0.1) is 67.7 Å². The Morgan fingerprint density at radius 3 is 2.26 bits per heavy atom. The molecule has 2 aromatic heterocycles. The summed E-state index contributed by atoms with van der Waals surface area (Å²) in [6.45, 7) is 5.67. The van der Waals surface area contributed by atoms with Crippen LogP contribution >= 0.6 is 11.6 Å². The summed E-state index contributed by atoms with van der Waals surface area (Å²) in [6.07, 6.45) is 2.54. The van der Waals surface area contributed by atoms with E-state index in [1.54, 1.807) is 27.9 Å². The van der Waals surface area contributed by atoms with Crippen LogP contribution < -0.4 is 14.2 Å². The molecule has 0 bridgehead atoms. The molecule has 0 aliphatic heterocycles. The average molecular weight is 699 g/mol. The van der Waals surface area contributed by atoms with Crippen molar-refractivity contribution in [1.82, 2.24) is 19.7 Å². The molecule has 5 aromatic rings. The number of aromatic nitrogens is 3. The first-order valence-corrected chi connectivity index (χ1v) is 16.5. The van der Waals surface area contributed by atoms with Crippen LogP contribution in [0.15, 0.2) is 66.9 Å². The summed E-state index contributed by atoms with van der Waals surface area (Å²) in [5.41, 5.74) is 4.75. The molecule has 50 heavy (non-hydrogen) atoms. The zero-order valence-electron chi connectivity index (χ0n) is 28.8. The number of rotatable bonds is 10. The molecule has 0 spiro atoms. The maximum atomic E-state index is 13.2. The van der Waals surface area contributed by atoms with Crippen molar-refractivity contribution in [2.45, 2.75) is 57.9 Å². The van der Waals surface area contributed by atoms with Gasteiger partial charge in [0, 0.05) is 40.3 Å². The number of nitrogens with zero attached hydrogens (tertiary/aromatic N) is 4. The number of aldehydes is 1. The second-order valence-electron chi connectivity index (χ2n) is 13.1. The number of hydrogen-bond acceptors (Lipinski definition) is 9. The van der Waals surface area contributed by atoms with Gasteiger partial charge in [0.25, 0.3) is 0 Å². The molecule has 1 amide bonds. The number of carbonyl (C=O) groups excluding carboxylic acids is 2. The first-order chi connectivity index (χ1) is 24.0. The van der Waals surface area contributed by atoms with E-state index in [1.807, 2.05) is 69.3 Å². The molecule has 3 aromatic carbocycles. The molecule has 1 N–H and O–H groups in total. The highest BCUT2D eigenvalue weighted by molar-refractivity contribution is 6.36. The summed E-state index contributed by atoms with van der Waals surface area (Å²) in [5.74, 6) is 1.10. The van der Waals surface area contributed by atoms with E-state index in [-0.39, 0.29) is 12.6 Å². The molecule has 12 heteroatoms. The quantitative estimate of drug-likeness (QED) is 0.148. The largest absolute Gasteiger partial charge is 0.496 e. The Bertz CT molecular complexity index is 2040. The molecular formula is C38H39ClN4O7. The van der Waals surface area contributed by atoms with Crippen LogP contribution in [0, 0.1) is 0 Å². The van der Waals surface area contributed by atoms with E-state index in [4.69, 9.17) is 35.5 Å². The maximum Gasteiger partial charge on any atom is 0.410 e. The maximum absolute atomic E-state index is 13.2. The van der Waals surface area contributed by atoms with Gasteiger partial charge in [-0.2, -0.15) is 5.10 Å². The fourth-order valence-corrected chi connectivity index (χ4v) is 6.49. The Balaban J connectivity index is 1.35. The first kappa shape index (κ1) is 34.7. The fourth-order valence-electron chi connectivity index (χ4n) is 6.17. The van der Waals surface area contributed by atoms with Crippen LogP contribution in [0.2, 0.25) is 5.02 Å². The molecule has 0 radical (unpaired) electrons. The molecule has 1 aliphatic rings. The first-order valence-electron chi connectivity index (χ1n) is 16.2. The van der Waals surface area contributed by atoms with Crippen molar-refractivity contribution in [3.8, 4) is 45.5 Å². The minimum Gasteiger partial charge on any atom is -0.496 e. The normalized spacial score (nSPS) is 15.7. The Labute approximate surface area is 295 Å². The molecule has 1 aliphatic carbocycles. The lowest BCUT2D eigenvalue weighted by Gasteiger charge is -2.41. The number of carbonyl (C=O) groups is 2. The van der Waals surface area contributed by atoms with Crippen LogP contribution in [0.4, 0.5) is 4.79 Å². The van der Waals surface area contributed by atoms with Crippen LogP contribution in [0.5, 0.6) is 17.4 Å². The zero-order chi connectivity index (χ0) is 35.7. The number of pyridine rings is 1. The van der Waals surface area contributed by atoms with E-state index in [0.29, 0.717) is 69.6 Å². The molecule has 0 saturated heterocycles. The molecule has 6 rings (SSSR count). The summed E-state index contributed by atoms with van der Waals surface area (Å²) in [4.78, 5) is 31.3. The van der Waals surface area contributed by atoms with Crippen molar-refractivity contribution in [3.05, 3.63) is 83.0 Å². The number of halogens is 1. The smallest absolute Gasteiger partial charge is 0.410 e. The highest BCUT2D eigenvalue weighted by Gasteiger charge is 2.37. The summed E-state index contributed by atoms with van der Waals surface area (Å²) in [7, 11) is 4.53. The van der Waals surface area contributed by atoms with Gasteiger partial charge in [0.1, 0.15) is 17.1 Å². The predicted octanol–water partition coefficient (Wildman–Crippen LogP) is 7.51. The van der Waals surface area contributed by atoms with Gasteiger partial charge in [-0.3, -0.25) is 4.79 Å². The van der Waals surface area contributed by atoms with Crippen LogP contribution in [0.1, 0.15) is 49.5 Å². The molecule has 1 fully saturated rings. The predicted molar refractivity (Wildman–Crippen MR) is 191 cm³/mol. The lowest BCUT2D eigenvalue weighted by atomic mass is 9.88. The topological polar surface area (TPSA) is 125 Å². The zero-order valence-corrected chi connectivity index (χ0v) is 29.5. The summed E-state index contributed by atoms with van der Waals surface area (Å²) < 4.78 is 24.1. The van der Waals surface area contributed by atoms with E-state index in [1.165, 1.54) is 21.3 Å². The van der Waals surface area contributed by atoms with Crippen LogP contribution in [-0.2, 0) is 11.3 Å². The molecule has 2 heterocycles. The number of aliphatic hydroxyl groups excluding tert-OH is 1. The third-order valence-corrected chi connectivity index (χ3v) is 9.11. The number of fused-ring (bicyclic) bond motifs is 1. The Morgan fingerprint density at radius 1 is 0.980 bits per heavy atom. The lowest BCUT2D eigenvalue weighted by molar-refractivity contribution is -0.0271. The van der Waals surface area contributed by atoms with E-state index in [9.17, 15) is 14.7 Å². The second kappa shape index (κ2) is 14.0. The van der Waals surface area contributed by atoms with E-state index < -0.39 is 17.8 Å². The summed E-state index contributed by atoms with van der Waals surface area (Å²) >= 11 is 7.15. The van der Waals surface area contributed by atoms with Gasteiger partial charge in [-0.05, 0) is 57.4 Å². The van der Waals surface area contributed by atoms with Crippen molar-refractivity contribution in [1.29, 1.82) is 0 Å². The SMILES string of the molecule is COc1cc(-n2ncc3c(-c4cccc(-c5ccc(CN(C(=O)OC(C)(C)C)C6CC(O)C6)c(OC)n5)c4Cl)cccc32)cc(OC)c1C=O. The number of benzene rings is 3. The van der Waals surface area contributed by atoms with Gasteiger partial charge in [-0.25, -0.2) is 14.5 Å². The van der Waals surface area contributed by atoms with Crippen molar-refractivity contribution < 1.29 is 33.6 Å². The Morgan fingerprint density at radius 2 is 1.64 bits per heavy atom. The van der Waals surface area contributed by atoms with Gasteiger partial charge >= 0.3 is 6.09 Å². The van der Waals surface area contributed by atoms with Gasteiger partial charge in [-0.1, -0.05) is 41.9 Å². The summed E-state index contributed by atoms with van der Waals surface area (Å²) in [6, 6.07) is 18.7. The highest BCUT2D eigenvalue weighted by Crippen LogP contribution is 2.41. The van der Waals surface area contributed by atoms with Crippen LogP contribution in [-0.4, -0.2) is 76.2 Å². The van der Waals surface area contributed by atoms with E-state index >= 15 is 0 Å². The van der Waals surface area contributed by atoms with E-state index in [0.717, 1.165) is 22.0 Å². The third kappa shape index (κ3) is 6.71. The molecule has 11 nitrogen and oxygen atoms in total. The monoisotopic (exact) mass is 698 g/mol. The van der Waals surface area contributed by atoms with Gasteiger partial charge in [-0.15, -0.1) is 0 Å². The average Bonchev–Trinajstić information content (AvgIpc) is 3.52. The van der Waals surface area contributed by atoms with Crippen molar-refractivity contribution in [2.75, 3.05) is 21.3 Å². The molecule has 1 saturated carbocycles. The summed E-state index contributed by atoms with van der Waals surface area (Å²) in [5, 5.41) is 16.0. The van der Waals surface area contributed by atoms with Gasteiger partial charge in [0.15, 0.2) is 6.29 Å². The highest BCUT2D eigenvalue weighted by atomic mass is 35.5. The van der Waals surface area contributed by atoms with E-state index in [2.05, 4.69) is 5.10 Å². The number of aliphatic hydroxyl groups is 1. The Kier molecular flexibility index (Phi) is 9.73. The fraction of sp³-hybridized carbons (Fsp3) is 0.316. The second-order valence-corrected chi connectivity index (χ2v) is 13.5. The minimum atomic E-state index is -0.668. The number of hydrogen-bond donors (Lipinski definition) is 1. The van der Waals surface area contributed by atoms with Crippen molar-refractivity contribution in [2.24, 2.45) is 0 Å². The molecule has 0 unspecified atom stereocenters. The molecule has 260 valence electrons.